The molecule has 7 nitrogen and oxygen atoms in total. The van der Waals surface area contributed by atoms with Crippen LogP contribution in [0.1, 0.15) is 61.6 Å². The van der Waals surface area contributed by atoms with Gasteiger partial charge in [0.1, 0.15) is 5.52 Å². The molecule has 154 valence electrons. The normalized spacial score (nSPS) is 12.9. The van der Waals surface area contributed by atoms with Gasteiger partial charge in [0.15, 0.2) is 5.65 Å². The highest BCUT2D eigenvalue weighted by molar-refractivity contribution is 7.17. The van der Waals surface area contributed by atoms with E-state index in [-0.39, 0.29) is 29.3 Å². The summed E-state index contributed by atoms with van der Waals surface area (Å²) >= 11 is 1.35. The van der Waals surface area contributed by atoms with Crippen molar-refractivity contribution in [3.05, 3.63) is 35.0 Å². The lowest BCUT2D eigenvalue weighted by Crippen LogP contribution is -2.41. The molecular weight excluding hydrogens is 386 g/mol. The third kappa shape index (κ3) is 4.64. The summed E-state index contributed by atoms with van der Waals surface area (Å²) in [5, 5.41) is 5.91. The highest BCUT2D eigenvalue weighted by Gasteiger charge is 2.24. The molecule has 0 aliphatic carbocycles. The maximum absolute atomic E-state index is 12.8. The maximum Gasteiger partial charge on any atom is 0.261 e. The zero-order valence-corrected chi connectivity index (χ0v) is 18.4. The van der Waals surface area contributed by atoms with Crippen LogP contribution in [-0.4, -0.2) is 38.8 Å². The third-order valence-electron chi connectivity index (χ3n) is 4.77. The summed E-state index contributed by atoms with van der Waals surface area (Å²) < 4.78 is 0. The van der Waals surface area contributed by atoms with Crippen LogP contribution in [0.3, 0.4) is 0 Å². The number of hydrogen-bond donors (Lipinski definition) is 3. The second-order valence-corrected chi connectivity index (χ2v) is 9.59. The molecule has 0 spiro atoms. The van der Waals surface area contributed by atoms with E-state index in [0.717, 1.165) is 4.88 Å². The molecule has 0 aromatic carbocycles. The minimum atomic E-state index is -0.187. The Kier molecular flexibility index (Phi) is 5.75. The Balaban J connectivity index is 1.89. The molecule has 3 aromatic rings. The molecule has 0 unspecified atom stereocenters. The summed E-state index contributed by atoms with van der Waals surface area (Å²) in [6.45, 7) is 12.1. The largest absolute Gasteiger partial charge is 0.349 e. The molecule has 8 heteroatoms. The van der Waals surface area contributed by atoms with Gasteiger partial charge in [0.25, 0.3) is 11.8 Å². The van der Waals surface area contributed by atoms with Crippen LogP contribution < -0.4 is 10.6 Å². The molecule has 3 aromatic heterocycles. The number of H-pyrrole nitrogens is 1. The van der Waals surface area contributed by atoms with Crippen LogP contribution in [0.4, 0.5) is 0 Å². The number of rotatable bonds is 5. The number of hydrogen-bond acceptors (Lipinski definition) is 5. The summed E-state index contributed by atoms with van der Waals surface area (Å²) in [7, 11) is 0. The minimum absolute atomic E-state index is 0.00424. The first-order chi connectivity index (χ1) is 13.6. The van der Waals surface area contributed by atoms with Crippen molar-refractivity contribution in [2.45, 2.75) is 53.6 Å². The van der Waals surface area contributed by atoms with Gasteiger partial charge in [-0.15, -0.1) is 11.3 Å². The summed E-state index contributed by atoms with van der Waals surface area (Å²) in [4.78, 5) is 38.5. The average molecular weight is 414 g/mol. The summed E-state index contributed by atoms with van der Waals surface area (Å²) in [6, 6.07) is 3.69. The number of amides is 2. The number of nitrogens with one attached hydrogen (secondary N) is 3. The van der Waals surface area contributed by atoms with Crippen LogP contribution in [0.25, 0.3) is 21.7 Å². The molecular formula is C21H27N5O2S. The summed E-state index contributed by atoms with van der Waals surface area (Å²) in [6.07, 6.45) is 3.28. The molecule has 3 N–H and O–H groups in total. The van der Waals surface area contributed by atoms with E-state index in [0.29, 0.717) is 27.3 Å². The number of fused-ring (bicyclic) bond motifs is 1. The molecule has 0 radical (unpaired) electrons. The van der Waals surface area contributed by atoms with E-state index >= 15 is 0 Å². The second-order valence-electron chi connectivity index (χ2n) is 8.51. The topological polar surface area (TPSA) is 99.8 Å². The van der Waals surface area contributed by atoms with Crippen molar-refractivity contribution in [1.82, 2.24) is 25.6 Å². The lowest BCUT2D eigenvalue weighted by atomic mass is 9.88. The van der Waals surface area contributed by atoms with Gasteiger partial charge in [-0.05, 0) is 38.3 Å². The van der Waals surface area contributed by atoms with E-state index in [1.165, 1.54) is 11.3 Å². The van der Waals surface area contributed by atoms with Gasteiger partial charge >= 0.3 is 0 Å². The number of aromatic nitrogens is 3. The zero-order valence-electron chi connectivity index (χ0n) is 17.6. The predicted molar refractivity (Wildman–Crippen MR) is 116 cm³/mol. The highest BCUT2D eigenvalue weighted by Crippen LogP contribution is 2.28. The first-order valence-electron chi connectivity index (χ1n) is 9.62. The minimum Gasteiger partial charge on any atom is -0.349 e. The van der Waals surface area contributed by atoms with Crippen molar-refractivity contribution in [1.29, 1.82) is 0 Å². The fourth-order valence-corrected chi connectivity index (χ4v) is 3.47. The van der Waals surface area contributed by atoms with Gasteiger partial charge in [0.2, 0.25) is 0 Å². The van der Waals surface area contributed by atoms with Crippen LogP contribution in [0, 0.1) is 5.41 Å². The Morgan fingerprint density at radius 2 is 1.83 bits per heavy atom. The highest BCUT2D eigenvalue weighted by atomic mass is 32.1. The molecule has 0 aliphatic heterocycles. The van der Waals surface area contributed by atoms with E-state index < -0.39 is 0 Å². The van der Waals surface area contributed by atoms with Gasteiger partial charge in [-0.1, -0.05) is 20.8 Å². The van der Waals surface area contributed by atoms with Crippen LogP contribution in [0.15, 0.2) is 24.5 Å². The van der Waals surface area contributed by atoms with Gasteiger partial charge in [0, 0.05) is 18.3 Å². The Labute approximate surface area is 174 Å². The number of nitrogens with zero attached hydrogens (tertiary/aromatic N) is 2. The van der Waals surface area contributed by atoms with Crippen LogP contribution in [0.2, 0.25) is 0 Å². The molecule has 0 bridgehead atoms. The van der Waals surface area contributed by atoms with Gasteiger partial charge in [-0.25, -0.2) is 9.97 Å². The van der Waals surface area contributed by atoms with Crippen molar-refractivity contribution in [2.75, 3.05) is 0 Å². The van der Waals surface area contributed by atoms with Crippen LogP contribution in [0.5, 0.6) is 0 Å². The molecule has 2 amide bonds. The van der Waals surface area contributed by atoms with Crippen molar-refractivity contribution >= 4 is 34.3 Å². The molecule has 0 saturated heterocycles. The molecule has 0 fully saturated rings. The molecule has 3 heterocycles. The standard InChI is InChI=1S/C21H27N5O2S/c1-11(2)24-20(28)16-8-7-15(29-16)14-10-23-18-17(26-14)13(9-22-18)19(27)25-12(3)21(4,5)6/h7-12H,1-6H3,(H,22,23)(H,24,28)(H,25,27)/t12-/m0/s1. The Morgan fingerprint density at radius 1 is 1.10 bits per heavy atom. The molecule has 1 atom stereocenters. The monoisotopic (exact) mass is 413 g/mol. The average Bonchev–Trinajstić information content (AvgIpc) is 3.27. The van der Waals surface area contributed by atoms with E-state index in [1.807, 2.05) is 26.8 Å². The summed E-state index contributed by atoms with van der Waals surface area (Å²) in [5.41, 5.74) is 2.10. The smallest absolute Gasteiger partial charge is 0.261 e. The number of aromatic amines is 1. The van der Waals surface area contributed by atoms with Crippen molar-refractivity contribution < 1.29 is 9.59 Å². The molecule has 0 aliphatic rings. The fraction of sp³-hybridized carbons (Fsp3) is 0.429. The molecule has 29 heavy (non-hydrogen) atoms. The quantitative estimate of drug-likeness (QED) is 0.589. The Morgan fingerprint density at radius 3 is 2.48 bits per heavy atom. The van der Waals surface area contributed by atoms with E-state index in [9.17, 15) is 9.59 Å². The lowest BCUT2D eigenvalue weighted by Gasteiger charge is -2.27. The van der Waals surface area contributed by atoms with Crippen LogP contribution >= 0.6 is 11.3 Å². The maximum atomic E-state index is 12.8. The fourth-order valence-electron chi connectivity index (χ4n) is 2.61. The van der Waals surface area contributed by atoms with Crippen molar-refractivity contribution in [3.8, 4) is 10.6 Å². The number of carbonyl (C=O) groups excluding carboxylic acids is 2. The van der Waals surface area contributed by atoms with E-state index in [1.54, 1.807) is 18.5 Å². The number of carbonyl (C=O) groups is 2. The summed E-state index contributed by atoms with van der Waals surface area (Å²) in [5.74, 6) is -0.295. The first kappa shape index (κ1) is 21.0. The van der Waals surface area contributed by atoms with Gasteiger partial charge in [-0.2, -0.15) is 0 Å². The van der Waals surface area contributed by atoms with Crippen molar-refractivity contribution in [2.24, 2.45) is 5.41 Å². The lowest BCUT2D eigenvalue weighted by molar-refractivity contribution is 0.0910. The zero-order chi connectivity index (χ0) is 21.3. The first-order valence-corrected chi connectivity index (χ1v) is 10.4. The van der Waals surface area contributed by atoms with Crippen LogP contribution in [-0.2, 0) is 0 Å². The number of thiophene rings is 1. The Hall–Kier alpha value is -2.74. The molecule has 3 rings (SSSR count). The van der Waals surface area contributed by atoms with E-state index in [2.05, 4.69) is 46.4 Å². The molecule has 0 saturated carbocycles. The van der Waals surface area contributed by atoms with Gasteiger partial charge < -0.3 is 15.6 Å². The van der Waals surface area contributed by atoms with E-state index in [4.69, 9.17) is 0 Å². The van der Waals surface area contributed by atoms with Crippen molar-refractivity contribution in [3.63, 3.8) is 0 Å². The van der Waals surface area contributed by atoms with Gasteiger partial charge in [0.05, 0.1) is 27.2 Å². The third-order valence-corrected chi connectivity index (χ3v) is 5.88. The second kappa shape index (κ2) is 7.94. The Bertz CT molecular complexity index is 1040. The van der Waals surface area contributed by atoms with Gasteiger partial charge in [-0.3, -0.25) is 9.59 Å². The predicted octanol–water partition coefficient (Wildman–Crippen LogP) is 3.99. The SMILES string of the molecule is CC(C)NC(=O)c1ccc(-c2cnc3[nH]cc(C(=O)N[C@@H](C)C(C)(C)C)c3n2)s1.